The highest BCUT2D eigenvalue weighted by Crippen LogP contribution is 2.23. The molecule has 0 bridgehead atoms. The summed E-state index contributed by atoms with van der Waals surface area (Å²) < 4.78 is 27.1. The standard InChI is InChI=1S/C23H30N2O3S/c1-17-5-11-21(12-6-17)29(27,28)25-15-13-20(14-16-25)24-22(26)18-7-9-19(10-8-18)23(2,3)4/h5-12,20H,13-16H2,1-4H3,(H,24,26). The highest BCUT2D eigenvalue weighted by molar-refractivity contribution is 7.89. The van der Waals surface area contributed by atoms with Gasteiger partial charge in [0.15, 0.2) is 0 Å². The van der Waals surface area contributed by atoms with E-state index in [1.807, 2.05) is 43.3 Å². The zero-order valence-corrected chi connectivity index (χ0v) is 18.4. The summed E-state index contributed by atoms with van der Waals surface area (Å²) in [5.41, 5.74) is 2.89. The molecule has 1 fully saturated rings. The predicted octanol–water partition coefficient (Wildman–Crippen LogP) is 3.88. The van der Waals surface area contributed by atoms with E-state index in [4.69, 9.17) is 0 Å². The van der Waals surface area contributed by atoms with E-state index >= 15 is 0 Å². The fraction of sp³-hybridized carbons (Fsp3) is 0.435. The maximum atomic E-state index is 12.8. The lowest BCUT2D eigenvalue weighted by Gasteiger charge is -2.31. The lowest BCUT2D eigenvalue weighted by Crippen LogP contribution is -2.46. The number of sulfonamides is 1. The van der Waals surface area contributed by atoms with Crippen LogP contribution in [-0.4, -0.2) is 37.8 Å². The van der Waals surface area contributed by atoms with Crippen LogP contribution in [0.3, 0.4) is 0 Å². The molecule has 0 unspecified atom stereocenters. The molecular weight excluding hydrogens is 384 g/mol. The molecule has 0 atom stereocenters. The molecule has 1 heterocycles. The van der Waals surface area contributed by atoms with Crippen LogP contribution >= 0.6 is 0 Å². The van der Waals surface area contributed by atoms with Crippen molar-refractivity contribution in [1.29, 1.82) is 0 Å². The number of aryl methyl sites for hydroxylation is 1. The summed E-state index contributed by atoms with van der Waals surface area (Å²) in [6.07, 6.45) is 1.22. The first-order valence-corrected chi connectivity index (χ1v) is 11.5. The van der Waals surface area contributed by atoms with Gasteiger partial charge in [-0.2, -0.15) is 4.31 Å². The van der Waals surface area contributed by atoms with Gasteiger partial charge in [0.2, 0.25) is 10.0 Å². The van der Waals surface area contributed by atoms with E-state index in [2.05, 4.69) is 26.1 Å². The summed E-state index contributed by atoms with van der Waals surface area (Å²) in [5.74, 6) is -0.106. The molecule has 1 saturated heterocycles. The molecule has 29 heavy (non-hydrogen) atoms. The second-order valence-electron chi connectivity index (χ2n) is 8.79. The lowest BCUT2D eigenvalue weighted by atomic mass is 9.86. The molecule has 0 spiro atoms. The third-order valence-corrected chi connectivity index (χ3v) is 7.37. The zero-order chi connectivity index (χ0) is 21.2. The van der Waals surface area contributed by atoms with Crippen LogP contribution in [-0.2, 0) is 15.4 Å². The van der Waals surface area contributed by atoms with E-state index in [9.17, 15) is 13.2 Å². The van der Waals surface area contributed by atoms with Crippen molar-refractivity contribution in [3.8, 4) is 0 Å². The molecule has 0 radical (unpaired) electrons. The number of benzene rings is 2. The van der Waals surface area contributed by atoms with Gasteiger partial charge in [-0.05, 0) is 55.0 Å². The molecule has 0 saturated carbocycles. The quantitative estimate of drug-likeness (QED) is 0.826. The van der Waals surface area contributed by atoms with Gasteiger partial charge in [-0.15, -0.1) is 0 Å². The number of rotatable bonds is 4. The molecule has 0 aliphatic carbocycles. The van der Waals surface area contributed by atoms with Crippen molar-refractivity contribution in [2.75, 3.05) is 13.1 Å². The first-order chi connectivity index (χ1) is 13.6. The predicted molar refractivity (Wildman–Crippen MR) is 116 cm³/mol. The highest BCUT2D eigenvalue weighted by atomic mass is 32.2. The van der Waals surface area contributed by atoms with Gasteiger partial charge in [0.25, 0.3) is 5.91 Å². The van der Waals surface area contributed by atoms with Crippen molar-refractivity contribution >= 4 is 15.9 Å². The Bertz CT molecular complexity index is 951. The third-order valence-electron chi connectivity index (χ3n) is 5.46. The van der Waals surface area contributed by atoms with E-state index in [0.717, 1.165) is 5.56 Å². The molecular formula is C23H30N2O3S. The summed E-state index contributed by atoms with van der Waals surface area (Å²) in [6.45, 7) is 9.16. The van der Waals surface area contributed by atoms with Crippen molar-refractivity contribution in [2.45, 2.75) is 56.9 Å². The van der Waals surface area contributed by atoms with Crippen LogP contribution in [0.15, 0.2) is 53.4 Å². The Morgan fingerprint density at radius 2 is 1.52 bits per heavy atom. The maximum absolute atomic E-state index is 12.8. The Labute approximate surface area is 174 Å². The number of piperidine rings is 1. The molecule has 2 aromatic carbocycles. The molecule has 156 valence electrons. The second kappa shape index (κ2) is 8.28. The minimum atomic E-state index is -3.48. The van der Waals surface area contributed by atoms with Crippen molar-refractivity contribution in [1.82, 2.24) is 9.62 Å². The molecule has 1 N–H and O–H groups in total. The Kier molecular flexibility index (Phi) is 6.15. The SMILES string of the molecule is Cc1ccc(S(=O)(=O)N2CCC(NC(=O)c3ccc(C(C)(C)C)cc3)CC2)cc1. The minimum Gasteiger partial charge on any atom is -0.349 e. The average Bonchev–Trinajstić information content (AvgIpc) is 2.68. The van der Waals surface area contributed by atoms with E-state index < -0.39 is 10.0 Å². The number of carbonyl (C=O) groups excluding carboxylic acids is 1. The number of hydrogen-bond donors (Lipinski definition) is 1. The van der Waals surface area contributed by atoms with Crippen LogP contribution in [0.25, 0.3) is 0 Å². The number of nitrogens with zero attached hydrogens (tertiary/aromatic N) is 1. The van der Waals surface area contributed by atoms with E-state index in [1.165, 1.54) is 9.87 Å². The van der Waals surface area contributed by atoms with Gasteiger partial charge >= 0.3 is 0 Å². The fourth-order valence-corrected chi connectivity index (χ4v) is 4.96. The van der Waals surface area contributed by atoms with Gasteiger partial charge in [0.05, 0.1) is 4.90 Å². The lowest BCUT2D eigenvalue weighted by molar-refractivity contribution is 0.0924. The molecule has 6 heteroatoms. The van der Waals surface area contributed by atoms with Gasteiger partial charge in [-0.3, -0.25) is 4.79 Å². The number of hydrogen-bond acceptors (Lipinski definition) is 3. The van der Waals surface area contributed by atoms with Crippen molar-refractivity contribution in [3.05, 3.63) is 65.2 Å². The number of carbonyl (C=O) groups is 1. The van der Waals surface area contributed by atoms with E-state index in [-0.39, 0.29) is 17.4 Å². The Balaban J connectivity index is 1.58. The van der Waals surface area contributed by atoms with Crippen LogP contribution in [0.5, 0.6) is 0 Å². The number of amides is 1. The molecule has 1 aliphatic heterocycles. The molecule has 1 amide bonds. The summed E-state index contributed by atoms with van der Waals surface area (Å²) >= 11 is 0. The van der Waals surface area contributed by atoms with Gasteiger partial charge in [-0.25, -0.2) is 8.42 Å². The maximum Gasteiger partial charge on any atom is 0.251 e. The van der Waals surface area contributed by atoms with Crippen LogP contribution in [0.1, 0.15) is 55.1 Å². The monoisotopic (exact) mass is 414 g/mol. The molecule has 1 aliphatic rings. The van der Waals surface area contributed by atoms with Gasteiger partial charge < -0.3 is 5.32 Å². The van der Waals surface area contributed by atoms with Crippen LogP contribution in [0.4, 0.5) is 0 Å². The van der Waals surface area contributed by atoms with Crippen LogP contribution < -0.4 is 5.32 Å². The summed E-state index contributed by atoms with van der Waals surface area (Å²) in [6, 6.07) is 14.6. The van der Waals surface area contributed by atoms with Crippen LogP contribution in [0.2, 0.25) is 0 Å². The largest absolute Gasteiger partial charge is 0.349 e. The number of nitrogens with one attached hydrogen (secondary N) is 1. The summed E-state index contributed by atoms with van der Waals surface area (Å²) in [5, 5.41) is 3.05. The molecule has 3 rings (SSSR count). The van der Waals surface area contributed by atoms with Crippen molar-refractivity contribution in [3.63, 3.8) is 0 Å². The average molecular weight is 415 g/mol. The second-order valence-corrected chi connectivity index (χ2v) is 10.7. The van der Waals surface area contributed by atoms with E-state index in [0.29, 0.717) is 36.4 Å². The molecule has 2 aromatic rings. The summed E-state index contributed by atoms with van der Waals surface area (Å²) in [7, 11) is -3.48. The van der Waals surface area contributed by atoms with Gasteiger partial charge in [0.1, 0.15) is 0 Å². The van der Waals surface area contributed by atoms with Gasteiger partial charge in [-0.1, -0.05) is 50.6 Å². The molecule has 5 nitrogen and oxygen atoms in total. The normalized spacial score (nSPS) is 16.6. The Hall–Kier alpha value is -2.18. The van der Waals surface area contributed by atoms with Gasteiger partial charge in [0, 0.05) is 24.7 Å². The first-order valence-electron chi connectivity index (χ1n) is 10.1. The Morgan fingerprint density at radius 1 is 0.966 bits per heavy atom. The summed E-state index contributed by atoms with van der Waals surface area (Å²) in [4.78, 5) is 12.9. The van der Waals surface area contributed by atoms with Crippen molar-refractivity contribution in [2.24, 2.45) is 0 Å². The minimum absolute atomic E-state index is 0.0192. The Morgan fingerprint density at radius 3 is 2.03 bits per heavy atom. The fourth-order valence-electron chi connectivity index (χ4n) is 3.49. The van der Waals surface area contributed by atoms with E-state index in [1.54, 1.807) is 12.1 Å². The molecule has 0 aromatic heterocycles. The van der Waals surface area contributed by atoms with Crippen LogP contribution in [0, 0.1) is 6.92 Å². The zero-order valence-electron chi connectivity index (χ0n) is 17.6. The smallest absolute Gasteiger partial charge is 0.251 e. The topological polar surface area (TPSA) is 66.5 Å². The first kappa shape index (κ1) is 21.5. The van der Waals surface area contributed by atoms with Crippen molar-refractivity contribution < 1.29 is 13.2 Å². The third kappa shape index (κ3) is 5.06. The highest BCUT2D eigenvalue weighted by Gasteiger charge is 2.30.